The normalized spacial score (nSPS) is 19.6. The number of guanidine groups is 1. The molecule has 0 bridgehead atoms. The maximum Gasteiger partial charge on any atom is 0.266 e. The first-order valence-electron chi connectivity index (χ1n) is 8.77. The summed E-state index contributed by atoms with van der Waals surface area (Å²) in [6, 6.07) is 11.2. The van der Waals surface area contributed by atoms with E-state index in [2.05, 4.69) is 9.98 Å². The largest absolute Gasteiger partial charge is 0.457 e. The second-order valence-electron chi connectivity index (χ2n) is 6.89. The number of ether oxygens (including phenoxy) is 1. The highest BCUT2D eigenvalue weighted by atomic mass is 35.5. The molecule has 1 atom stereocenters. The van der Waals surface area contributed by atoms with Crippen molar-refractivity contribution in [1.29, 1.82) is 0 Å². The Morgan fingerprint density at radius 2 is 1.79 bits per heavy atom. The Morgan fingerprint density at radius 1 is 1.07 bits per heavy atom. The fraction of sp³-hybridized carbons (Fsp3) is 0.0952. The van der Waals surface area contributed by atoms with Gasteiger partial charge in [-0.05, 0) is 42.0 Å². The lowest BCUT2D eigenvalue weighted by atomic mass is 9.79. The number of amides is 1. The smallest absolute Gasteiger partial charge is 0.266 e. The molecule has 8 heteroatoms. The minimum atomic E-state index is -1.52. The number of halogens is 2. The van der Waals surface area contributed by atoms with Crippen LogP contribution in [0.1, 0.15) is 11.1 Å². The molecule has 2 aromatic carbocycles. The van der Waals surface area contributed by atoms with Gasteiger partial charge in [-0.3, -0.25) is 14.7 Å². The lowest BCUT2D eigenvalue weighted by molar-refractivity contribution is -0.129. The third kappa shape index (κ3) is 2.44. The van der Waals surface area contributed by atoms with Gasteiger partial charge in [0.25, 0.3) is 5.91 Å². The SMILES string of the molecule is CN1C(=O)C2(N=C1N)c1cc(F)ccc1Oc1ccc(-c3cncc(Cl)c3)cc12. The van der Waals surface area contributed by atoms with Crippen LogP contribution in [0.3, 0.4) is 0 Å². The second kappa shape index (κ2) is 6.02. The molecule has 3 heterocycles. The Balaban J connectivity index is 1.80. The molecule has 0 saturated heterocycles. The van der Waals surface area contributed by atoms with E-state index in [0.29, 0.717) is 27.6 Å². The Labute approximate surface area is 170 Å². The van der Waals surface area contributed by atoms with Gasteiger partial charge in [-0.25, -0.2) is 9.38 Å². The number of nitrogens with two attached hydrogens (primary N) is 1. The van der Waals surface area contributed by atoms with Gasteiger partial charge in [0.1, 0.15) is 17.3 Å². The molecule has 1 unspecified atom stereocenters. The van der Waals surface area contributed by atoms with Crippen LogP contribution in [-0.2, 0) is 10.3 Å². The van der Waals surface area contributed by atoms with E-state index in [1.807, 2.05) is 6.07 Å². The van der Waals surface area contributed by atoms with Crippen molar-refractivity contribution in [3.63, 3.8) is 0 Å². The molecule has 0 saturated carbocycles. The van der Waals surface area contributed by atoms with Crippen molar-refractivity contribution in [3.05, 3.63) is 76.8 Å². The molecule has 0 radical (unpaired) electrons. The fourth-order valence-corrected chi connectivity index (χ4v) is 3.95. The number of benzene rings is 2. The molecular weight excluding hydrogens is 395 g/mol. The van der Waals surface area contributed by atoms with Gasteiger partial charge in [0, 0.05) is 36.1 Å². The van der Waals surface area contributed by atoms with Crippen molar-refractivity contribution in [2.75, 3.05) is 7.05 Å². The van der Waals surface area contributed by atoms with Crippen molar-refractivity contribution >= 4 is 23.5 Å². The van der Waals surface area contributed by atoms with Crippen LogP contribution in [0, 0.1) is 5.82 Å². The van der Waals surface area contributed by atoms with Crippen LogP contribution in [0.15, 0.2) is 59.9 Å². The summed E-state index contributed by atoms with van der Waals surface area (Å²) in [5, 5.41) is 0.484. The van der Waals surface area contributed by atoms with E-state index in [-0.39, 0.29) is 11.9 Å². The minimum absolute atomic E-state index is 0.0490. The molecule has 29 heavy (non-hydrogen) atoms. The second-order valence-corrected chi connectivity index (χ2v) is 7.33. The molecule has 0 aliphatic carbocycles. The Kier molecular flexibility index (Phi) is 3.66. The highest BCUT2D eigenvalue weighted by Crippen LogP contribution is 2.52. The predicted octanol–water partition coefficient (Wildman–Crippen LogP) is 3.68. The van der Waals surface area contributed by atoms with Crippen LogP contribution in [0.25, 0.3) is 11.1 Å². The number of aromatic nitrogens is 1. The van der Waals surface area contributed by atoms with E-state index in [1.54, 1.807) is 24.4 Å². The van der Waals surface area contributed by atoms with Crippen LogP contribution in [0.5, 0.6) is 11.5 Å². The van der Waals surface area contributed by atoms with Crippen LogP contribution in [0.4, 0.5) is 4.39 Å². The van der Waals surface area contributed by atoms with Crippen LogP contribution in [-0.4, -0.2) is 28.8 Å². The third-order valence-electron chi connectivity index (χ3n) is 5.20. The van der Waals surface area contributed by atoms with E-state index < -0.39 is 11.4 Å². The Hall–Kier alpha value is -3.45. The van der Waals surface area contributed by atoms with Gasteiger partial charge in [-0.2, -0.15) is 0 Å². The summed E-state index contributed by atoms with van der Waals surface area (Å²) in [7, 11) is 1.54. The summed E-state index contributed by atoms with van der Waals surface area (Å²) in [6.07, 6.45) is 3.20. The lowest BCUT2D eigenvalue weighted by Crippen LogP contribution is -2.42. The summed E-state index contributed by atoms with van der Waals surface area (Å²) >= 11 is 6.08. The number of nitrogens with zero attached hydrogens (tertiary/aromatic N) is 3. The quantitative estimate of drug-likeness (QED) is 0.666. The number of likely N-dealkylation sites (N-methyl/N-ethyl adjacent to an activating group) is 1. The van der Waals surface area contributed by atoms with Gasteiger partial charge in [-0.15, -0.1) is 0 Å². The zero-order valence-corrected chi connectivity index (χ0v) is 15.9. The summed E-state index contributed by atoms with van der Waals surface area (Å²) < 4.78 is 20.1. The summed E-state index contributed by atoms with van der Waals surface area (Å²) in [5.41, 5.74) is 6.78. The zero-order chi connectivity index (χ0) is 20.3. The molecule has 1 spiro atoms. The highest BCUT2D eigenvalue weighted by molar-refractivity contribution is 6.30. The van der Waals surface area contributed by atoms with E-state index in [9.17, 15) is 9.18 Å². The number of aliphatic imine (C=N–C) groups is 1. The highest BCUT2D eigenvalue weighted by Gasteiger charge is 2.54. The molecule has 6 nitrogen and oxygen atoms in total. The number of carbonyl (C=O) groups is 1. The molecule has 0 fully saturated rings. The number of carbonyl (C=O) groups excluding carboxylic acids is 1. The first-order valence-corrected chi connectivity index (χ1v) is 9.15. The zero-order valence-electron chi connectivity index (χ0n) is 15.2. The van der Waals surface area contributed by atoms with Crippen LogP contribution >= 0.6 is 11.6 Å². The Morgan fingerprint density at radius 3 is 2.48 bits per heavy atom. The molecule has 2 N–H and O–H groups in total. The molecule has 144 valence electrons. The number of hydrogen-bond acceptors (Lipinski definition) is 5. The number of rotatable bonds is 1. The van der Waals surface area contributed by atoms with E-state index in [4.69, 9.17) is 22.1 Å². The van der Waals surface area contributed by atoms with Gasteiger partial charge in [0.05, 0.1) is 5.02 Å². The summed E-state index contributed by atoms with van der Waals surface area (Å²) in [4.78, 5) is 23.2. The van der Waals surface area contributed by atoms with E-state index >= 15 is 0 Å². The molecular formula is C21H14ClFN4O2. The van der Waals surface area contributed by atoms with Crippen molar-refractivity contribution in [2.24, 2.45) is 10.7 Å². The summed E-state index contributed by atoms with van der Waals surface area (Å²) in [6.45, 7) is 0. The predicted molar refractivity (Wildman–Crippen MR) is 106 cm³/mol. The van der Waals surface area contributed by atoms with Crippen molar-refractivity contribution in [1.82, 2.24) is 9.88 Å². The van der Waals surface area contributed by atoms with Crippen molar-refractivity contribution in [2.45, 2.75) is 5.54 Å². The lowest BCUT2D eigenvalue weighted by Gasteiger charge is -2.33. The average molecular weight is 409 g/mol. The number of hydrogen-bond donors (Lipinski definition) is 1. The maximum absolute atomic E-state index is 14.1. The van der Waals surface area contributed by atoms with E-state index in [1.165, 1.54) is 36.3 Å². The van der Waals surface area contributed by atoms with Crippen molar-refractivity contribution in [3.8, 4) is 22.6 Å². The molecule has 3 aromatic rings. The molecule has 1 aromatic heterocycles. The van der Waals surface area contributed by atoms with Crippen molar-refractivity contribution < 1.29 is 13.9 Å². The summed E-state index contributed by atoms with van der Waals surface area (Å²) in [5.74, 6) is -0.0264. The molecule has 2 aliphatic rings. The third-order valence-corrected chi connectivity index (χ3v) is 5.41. The fourth-order valence-electron chi connectivity index (χ4n) is 3.78. The molecule has 1 amide bonds. The topological polar surface area (TPSA) is 80.8 Å². The standard InChI is InChI=1S/C21H14ClFN4O2/c1-27-19(28)21(26-20(27)24)15-7-11(12-6-13(22)10-25-9-12)2-4-17(15)29-18-5-3-14(23)8-16(18)21/h2-10H,1H3,(H2,24,26). The van der Waals surface area contributed by atoms with Gasteiger partial charge in [0.2, 0.25) is 5.54 Å². The van der Waals surface area contributed by atoms with Gasteiger partial charge >= 0.3 is 0 Å². The number of pyridine rings is 1. The van der Waals surface area contributed by atoms with E-state index in [0.717, 1.165) is 11.1 Å². The number of fused-ring (bicyclic) bond motifs is 4. The van der Waals surface area contributed by atoms with Gasteiger partial charge in [-0.1, -0.05) is 17.7 Å². The maximum atomic E-state index is 14.1. The first kappa shape index (κ1) is 17.6. The first-order chi connectivity index (χ1) is 13.9. The van der Waals surface area contributed by atoms with Crippen LogP contribution in [0.2, 0.25) is 5.02 Å². The minimum Gasteiger partial charge on any atom is -0.457 e. The average Bonchev–Trinajstić information content (AvgIpc) is 2.93. The molecule has 5 rings (SSSR count). The van der Waals surface area contributed by atoms with Gasteiger partial charge in [0.15, 0.2) is 5.96 Å². The molecule has 2 aliphatic heterocycles. The Bertz CT molecular complexity index is 1230. The monoisotopic (exact) mass is 408 g/mol. The van der Waals surface area contributed by atoms with Crippen LogP contribution < -0.4 is 10.5 Å². The van der Waals surface area contributed by atoms with Gasteiger partial charge < -0.3 is 10.5 Å².